The lowest BCUT2D eigenvalue weighted by molar-refractivity contribution is 0.338. The first-order valence-electron chi connectivity index (χ1n) is 9.38. The normalized spacial score (nSPS) is 13.9. The molecule has 1 aromatic rings. The van der Waals surface area contributed by atoms with E-state index < -0.39 is 0 Å². The van der Waals surface area contributed by atoms with Gasteiger partial charge in [-0.25, -0.2) is 0 Å². The molecule has 2 rings (SSSR count). The van der Waals surface area contributed by atoms with Gasteiger partial charge in [-0.2, -0.15) is 0 Å². The van der Waals surface area contributed by atoms with Crippen LogP contribution in [0.5, 0.6) is 0 Å². The summed E-state index contributed by atoms with van der Waals surface area (Å²) < 4.78 is 0. The van der Waals surface area contributed by atoms with Crippen LogP contribution < -0.4 is 0 Å². The number of benzene rings is 1. The highest BCUT2D eigenvalue weighted by Crippen LogP contribution is 2.40. The second kappa shape index (κ2) is 9.04. The van der Waals surface area contributed by atoms with Crippen LogP contribution in [-0.4, -0.2) is 0 Å². The van der Waals surface area contributed by atoms with Crippen LogP contribution in [0.15, 0.2) is 37.9 Å². The van der Waals surface area contributed by atoms with E-state index in [1.54, 1.807) is 0 Å². The lowest BCUT2D eigenvalue weighted by Gasteiger charge is -2.18. The van der Waals surface area contributed by atoms with E-state index in [1.807, 2.05) is 19.1 Å². The van der Waals surface area contributed by atoms with E-state index in [2.05, 4.69) is 72.6 Å². The number of hydrogen-bond donors (Lipinski definition) is 0. The van der Waals surface area contributed by atoms with Crippen LogP contribution in [0, 0.1) is 11.3 Å². The molecule has 1 aliphatic rings. The Hall–Kier alpha value is -1.82. The molecular weight excluding hydrogens is 300 g/mol. The molecule has 0 heterocycles. The predicted molar refractivity (Wildman–Crippen MR) is 117 cm³/mol. The second-order valence-corrected chi connectivity index (χ2v) is 8.61. The average Bonchev–Trinajstić information content (AvgIpc) is 2.79. The highest BCUT2D eigenvalue weighted by atomic mass is 14.2. The molecule has 0 saturated heterocycles. The third-order valence-electron chi connectivity index (χ3n) is 4.45. The fraction of sp³-hybridized carbons (Fsp3) is 0.440. The fourth-order valence-corrected chi connectivity index (χ4v) is 2.89. The molecule has 0 heteroatoms. The number of allylic oxidation sites excluding steroid dienone is 3. The summed E-state index contributed by atoms with van der Waals surface area (Å²) in [4.78, 5) is 0. The Morgan fingerprint density at radius 3 is 1.92 bits per heavy atom. The molecular formula is C25H36. The lowest BCUT2D eigenvalue weighted by Crippen LogP contribution is -2.05. The van der Waals surface area contributed by atoms with Gasteiger partial charge in [0.25, 0.3) is 0 Å². The summed E-state index contributed by atoms with van der Waals surface area (Å²) in [6.45, 7) is 25.5. The van der Waals surface area contributed by atoms with Gasteiger partial charge < -0.3 is 0 Å². The van der Waals surface area contributed by atoms with Crippen molar-refractivity contribution in [1.29, 1.82) is 0 Å². The first kappa shape index (κ1) is 21.2. The Morgan fingerprint density at radius 1 is 1.04 bits per heavy atom. The van der Waals surface area contributed by atoms with Gasteiger partial charge in [-0.1, -0.05) is 79.0 Å². The van der Waals surface area contributed by atoms with E-state index in [4.69, 9.17) is 0 Å². The van der Waals surface area contributed by atoms with Crippen LogP contribution in [0.2, 0.25) is 0 Å². The van der Waals surface area contributed by atoms with Crippen molar-refractivity contribution < 1.29 is 0 Å². The van der Waals surface area contributed by atoms with Gasteiger partial charge in [0.15, 0.2) is 0 Å². The molecule has 0 unspecified atom stereocenters. The topological polar surface area (TPSA) is 0 Å². The minimum atomic E-state index is 0.532. The number of fused-ring (bicyclic) bond motifs is 1. The minimum Gasteiger partial charge on any atom is -0.0984 e. The molecule has 25 heavy (non-hydrogen) atoms. The summed E-state index contributed by atoms with van der Waals surface area (Å²) in [5.41, 5.74) is 7.69. The molecule has 0 radical (unpaired) electrons. The summed E-state index contributed by atoms with van der Waals surface area (Å²) in [5, 5.41) is 0. The summed E-state index contributed by atoms with van der Waals surface area (Å²) in [6.07, 6.45) is 9.65. The Morgan fingerprint density at radius 2 is 1.56 bits per heavy atom. The Labute approximate surface area is 156 Å². The van der Waals surface area contributed by atoms with E-state index in [-0.39, 0.29) is 0 Å². The van der Waals surface area contributed by atoms with Crippen molar-refractivity contribution in [2.24, 2.45) is 11.3 Å². The molecule has 0 aliphatic heterocycles. The maximum Gasteiger partial charge on any atom is -0.00252 e. The smallest absolute Gasteiger partial charge is 0.00252 e. The first-order chi connectivity index (χ1) is 11.6. The van der Waals surface area contributed by atoms with Gasteiger partial charge in [0.1, 0.15) is 0 Å². The van der Waals surface area contributed by atoms with Gasteiger partial charge in [0.05, 0.1) is 0 Å². The van der Waals surface area contributed by atoms with Gasteiger partial charge in [0, 0.05) is 0 Å². The molecule has 0 aromatic heterocycles. The fourth-order valence-electron chi connectivity index (χ4n) is 2.89. The quantitative estimate of drug-likeness (QED) is 0.519. The zero-order chi connectivity index (χ0) is 19.2. The third-order valence-corrected chi connectivity index (χ3v) is 4.45. The number of hydrogen-bond acceptors (Lipinski definition) is 0. The van der Waals surface area contributed by atoms with Crippen molar-refractivity contribution in [2.75, 3.05) is 0 Å². The molecule has 0 bridgehead atoms. The summed E-state index contributed by atoms with van der Waals surface area (Å²) in [7, 11) is 0. The minimum absolute atomic E-state index is 0.532. The van der Waals surface area contributed by atoms with Gasteiger partial charge >= 0.3 is 0 Å². The molecule has 136 valence electrons. The van der Waals surface area contributed by atoms with Gasteiger partial charge in [-0.15, -0.1) is 0 Å². The molecule has 0 atom stereocenters. The Balaban J connectivity index is 0.000000299. The zero-order valence-electron chi connectivity index (χ0n) is 17.2. The maximum absolute atomic E-state index is 4.09. The number of rotatable bonds is 4. The first-order valence-corrected chi connectivity index (χ1v) is 9.38. The van der Waals surface area contributed by atoms with E-state index in [1.165, 1.54) is 35.1 Å². The van der Waals surface area contributed by atoms with Crippen LogP contribution in [-0.2, 0) is 0 Å². The lowest BCUT2D eigenvalue weighted by atomic mass is 9.88. The van der Waals surface area contributed by atoms with Crippen molar-refractivity contribution in [3.63, 3.8) is 0 Å². The van der Waals surface area contributed by atoms with E-state index in [0.717, 1.165) is 23.5 Å². The van der Waals surface area contributed by atoms with Gasteiger partial charge in [-0.3, -0.25) is 0 Å². The molecule has 0 spiro atoms. The standard InChI is InChI=1S/C16H16.C9H20/c1-5-7-14-10-16-12(4)8-11(3)15(16)9-13(14)6-2;1-8(2)6-7-9(3,4)5/h5-7,9-10H,2-4,8H2,1H3;8H,6-7H2,1-5H3/b7-5-;. The predicted octanol–water partition coefficient (Wildman–Crippen LogP) is 8.26. The molecule has 0 N–H and O–H groups in total. The maximum atomic E-state index is 4.09. The van der Waals surface area contributed by atoms with Crippen molar-refractivity contribution in [1.82, 2.24) is 0 Å². The van der Waals surface area contributed by atoms with Gasteiger partial charge in [-0.05, 0) is 76.6 Å². The largest absolute Gasteiger partial charge is 0.0984 e. The second-order valence-electron chi connectivity index (χ2n) is 8.61. The highest BCUT2D eigenvalue weighted by molar-refractivity contribution is 5.92. The zero-order valence-corrected chi connectivity index (χ0v) is 17.2. The van der Waals surface area contributed by atoms with Gasteiger partial charge in [0.2, 0.25) is 0 Å². The van der Waals surface area contributed by atoms with Crippen molar-refractivity contribution in [2.45, 2.75) is 60.8 Å². The summed E-state index contributed by atoms with van der Waals surface area (Å²) in [5.74, 6) is 0.865. The third kappa shape index (κ3) is 6.53. The van der Waals surface area contributed by atoms with Crippen molar-refractivity contribution in [3.05, 3.63) is 60.2 Å². The summed E-state index contributed by atoms with van der Waals surface area (Å²) >= 11 is 0. The van der Waals surface area contributed by atoms with Crippen LogP contribution in [0.25, 0.3) is 23.3 Å². The van der Waals surface area contributed by atoms with Crippen molar-refractivity contribution in [3.8, 4) is 0 Å². The molecule has 1 aromatic carbocycles. The molecule has 0 amide bonds. The van der Waals surface area contributed by atoms with Crippen LogP contribution in [0.4, 0.5) is 0 Å². The van der Waals surface area contributed by atoms with Crippen molar-refractivity contribution >= 4 is 23.3 Å². The molecule has 1 aliphatic carbocycles. The monoisotopic (exact) mass is 336 g/mol. The average molecular weight is 337 g/mol. The van der Waals surface area contributed by atoms with E-state index in [9.17, 15) is 0 Å². The van der Waals surface area contributed by atoms with Crippen LogP contribution >= 0.6 is 0 Å². The molecule has 0 fully saturated rings. The Bertz CT molecular complexity index is 660. The molecule has 0 nitrogen and oxygen atoms in total. The SMILES string of the molecule is C=Cc1cc2c(cc1/C=C\C)C(=C)CC2=C.CC(C)CCC(C)(C)C. The summed E-state index contributed by atoms with van der Waals surface area (Å²) in [6, 6.07) is 4.35. The molecule has 0 saturated carbocycles. The van der Waals surface area contributed by atoms with E-state index in [0.29, 0.717) is 5.41 Å². The van der Waals surface area contributed by atoms with Crippen LogP contribution in [0.3, 0.4) is 0 Å². The highest BCUT2D eigenvalue weighted by Gasteiger charge is 2.19. The van der Waals surface area contributed by atoms with Crippen LogP contribution in [0.1, 0.15) is 83.1 Å². The Kier molecular flexibility index (Phi) is 7.67. The van der Waals surface area contributed by atoms with E-state index >= 15 is 0 Å².